The highest BCUT2D eigenvalue weighted by atomic mass is 19.4. The summed E-state index contributed by atoms with van der Waals surface area (Å²) in [5, 5.41) is 9.13. The van der Waals surface area contributed by atoms with Crippen LogP contribution in [0.1, 0.15) is 11.7 Å². The van der Waals surface area contributed by atoms with Crippen LogP contribution in [0.4, 0.5) is 35.1 Å². The summed E-state index contributed by atoms with van der Waals surface area (Å²) in [6.07, 6.45) is -14.8. The molecule has 1 nitrogen and oxygen atoms in total. The van der Waals surface area contributed by atoms with Gasteiger partial charge in [-0.3, -0.25) is 0 Å². The number of hydrogen-bond donors (Lipinski definition) is 1. The van der Waals surface area contributed by atoms with Crippen molar-refractivity contribution in [3.63, 3.8) is 0 Å². The Hall–Kier alpha value is -1.38. The predicted octanol–water partition coefficient (Wildman–Crippen LogP) is 3.74. The standard InChI is InChI=1S/C10H6F8O/c11-5-1-4(2-6(12)3-5)7(19)8(9(13,14)15)10(16,17)18/h1-3,7-8,19H. The molecule has 0 aliphatic carbocycles. The van der Waals surface area contributed by atoms with E-state index in [1.807, 2.05) is 0 Å². The molecule has 0 aliphatic heterocycles. The molecular weight excluding hydrogens is 288 g/mol. The van der Waals surface area contributed by atoms with Crippen LogP contribution in [0.25, 0.3) is 0 Å². The van der Waals surface area contributed by atoms with Crippen LogP contribution in [-0.2, 0) is 0 Å². The van der Waals surface area contributed by atoms with E-state index in [2.05, 4.69) is 0 Å². The molecule has 0 fully saturated rings. The summed E-state index contributed by atoms with van der Waals surface area (Å²) in [6, 6.07) is 0.670. The van der Waals surface area contributed by atoms with Crippen LogP contribution in [0.2, 0.25) is 0 Å². The van der Waals surface area contributed by atoms with Crippen molar-refractivity contribution in [3.05, 3.63) is 35.4 Å². The van der Waals surface area contributed by atoms with Crippen LogP contribution in [0.5, 0.6) is 0 Å². The average molecular weight is 294 g/mol. The van der Waals surface area contributed by atoms with Crippen LogP contribution in [0, 0.1) is 17.6 Å². The maximum absolute atomic E-state index is 12.7. The molecule has 0 heterocycles. The second-order valence-corrected chi connectivity index (χ2v) is 3.71. The zero-order chi connectivity index (χ0) is 15.0. The SMILES string of the molecule is OC(c1cc(F)cc(F)c1)C(C(F)(F)F)C(F)(F)F. The van der Waals surface area contributed by atoms with Gasteiger partial charge in [0.25, 0.3) is 0 Å². The van der Waals surface area contributed by atoms with Gasteiger partial charge in [-0.15, -0.1) is 0 Å². The van der Waals surface area contributed by atoms with Gasteiger partial charge in [0.05, 0.1) is 6.10 Å². The van der Waals surface area contributed by atoms with Crippen molar-refractivity contribution >= 4 is 0 Å². The van der Waals surface area contributed by atoms with Gasteiger partial charge in [-0.25, -0.2) is 8.78 Å². The van der Waals surface area contributed by atoms with Gasteiger partial charge in [-0.2, -0.15) is 26.3 Å². The average Bonchev–Trinajstić information content (AvgIpc) is 2.10. The zero-order valence-corrected chi connectivity index (χ0v) is 8.86. The Morgan fingerprint density at radius 1 is 0.789 bits per heavy atom. The number of hydrogen-bond acceptors (Lipinski definition) is 1. The summed E-state index contributed by atoms with van der Waals surface area (Å²) >= 11 is 0. The summed E-state index contributed by atoms with van der Waals surface area (Å²) in [5.41, 5.74) is -1.14. The minimum absolute atomic E-state index is 0.207. The molecule has 0 aliphatic rings. The predicted molar refractivity (Wildman–Crippen MR) is 46.9 cm³/mol. The quantitative estimate of drug-likeness (QED) is 0.824. The van der Waals surface area contributed by atoms with Gasteiger partial charge in [0.2, 0.25) is 0 Å². The minimum atomic E-state index is -5.81. The van der Waals surface area contributed by atoms with Crippen molar-refractivity contribution in [3.8, 4) is 0 Å². The van der Waals surface area contributed by atoms with Crippen molar-refractivity contribution in [1.29, 1.82) is 0 Å². The van der Waals surface area contributed by atoms with Gasteiger partial charge in [0.1, 0.15) is 11.6 Å². The summed E-state index contributed by atoms with van der Waals surface area (Å²) in [6.45, 7) is 0. The van der Waals surface area contributed by atoms with E-state index in [4.69, 9.17) is 5.11 Å². The van der Waals surface area contributed by atoms with E-state index in [0.717, 1.165) is 0 Å². The van der Waals surface area contributed by atoms with Crippen LogP contribution in [0.15, 0.2) is 18.2 Å². The first kappa shape index (κ1) is 15.7. The molecule has 1 N–H and O–H groups in total. The molecule has 1 rings (SSSR count). The van der Waals surface area contributed by atoms with E-state index in [9.17, 15) is 35.1 Å². The molecule has 0 saturated carbocycles. The van der Waals surface area contributed by atoms with E-state index >= 15 is 0 Å². The van der Waals surface area contributed by atoms with Crippen LogP contribution < -0.4 is 0 Å². The molecule has 1 aromatic rings. The molecule has 108 valence electrons. The van der Waals surface area contributed by atoms with Gasteiger partial charge < -0.3 is 5.11 Å². The number of aliphatic hydroxyl groups is 1. The molecule has 0 radical (unpaired) electrons. The zero-order valence-electron chi connectivity index (χ0n) is 8.86. The van der Waals surface area contributed by atoms with Gasteiger partial charge in [-0.1, -0.05) is 0 Å². The van der Waals surface area contributed by atoms with Gasteiger partial charge in [-0.05, 0) is 17.7 Å². The first-order valence-corrected chi connectivity index (χ1v) is 4.70. The molecule has 9 heteroatoms. The van der Waals surface area contributed by atoms with Crippen LogP contribution in [0.3, 0.4) is 0 Å². The first-order valence-electron chi connectivity index (χ1n) is 4.70. The lowest BCUT2D eigenvalue weighted by molar-refractivity contribution is -0.307. The van der Waals surface area contributed by atoms with Gasteiger partial charge in [0.15, 0.2) is 5.92 Å². The molecule has 0 amide bonds. The van der Waals surface area contributed by atoms with Crippen LogP contribution >= 0.6 is 0 Å². The first-order chi connectivity index (χ1) is 8.43. The molecule has 1 atom stereocenters. The molecule has 1 aromatic carbocycles. The Balaban J connectivity index is 3.24. The largest absolute Gasteiger partial charge is 0.403 e. The highest BCUT2D eigenvalue weighted by Gasteiger charge is 2.60. The van der Waals surface area contributed by atoms with E-state index in [-0.39, 0.29) is 18.2 Å². The maximum Gasteiger partial charge on any atom is 0.403 e. The normalized spacial score (nSPS) is 14.8. The Bertz CT molecular complexity index is 416. The third kappa shape index (κ3) is 3.79. The fraction of sp³-hybridized carbons (Fsp3) is 0.400. The third-order valence-corrected chi connectivity index (χ3v) is 2.25. The van der Waals surface area contributed by atoms with E-state index in [0.29, 0.717) is 0 Å². The number of rotatable bonds is 2. The minimum Gasteiger partial charge on any atom is -0.387 e. The summed E-state index contributed by atoms with van der Waals surface area (Å²) < 4.78 is 99.2. The van der Waals surface area contributed by atoms with Crippen molar-refractivity contribution in [1.82, 2.24) is 0 Å². The number of alkyl halides is 6. The smallest absolute Gasteiger partial charge is 0.387 e. The molecule has 19 heavy (non-hydrogen) atoms. The molecule has 1 unspecified atom stereocenters. The fourth-order valence-corrected chi connectivity index (χ4v) is 1.48. The van der Waals surface area contributed by atoms with E-state index in [1.54, 1.807) is 0 Å². The highest BCUT2D eigenvalue weighted by Crippen LogP contribution is 2.46. The van der Waals surface area contributed by atoms with E-state index < -0.39 is 41.6 Å². The molecule has 0 aromatic heterocycles. The number of halogens is 8. The van der Waals surface area contributed by atoms with E-state index in [1.165, 1.54) is 0 Å². The second-order valence-electron chi connectivity index (χ2n) is 3.71. The lowest BCUT2D eigenvalue weighted by Crippen LogP contribution is -2.41. The molecular formula is C10H6F8O. The Kier molecular flexibility index (Phi) is 4.08. The maximum atomic E-state index is 12.7. The Morgan fingerprint density at radius 2 is 1.16 bits per heavy atom. The summed E-state index contributed by atoms with van der Waals surface area (Å²) in [5.74, 6) is -6.91. The Morgan fingerprint density at radius 3 is 1.47 bits per heavy atom. The fourth-order valence-electron chi connectivity index (χ4n) is 1.48. The van der Waals surface area contributed by atoms with Crippen LogP contribution in [-0.4, -0.2) is 17.5 Å². The summed E-state index contributed by atoms with van der Waals surface area (Å²) in [7, 11) is 0. The van der Waals surface area contributed by atoms with Crippen molar-refractivity contribution < 1.29 is 40.2 Å². The number of aliphatic hydroxyl groups excluding tert-OH is 1. The van der Waals surface area contributed by atoms with Gasteiger partial charge in [0, 0.05) is 6.07 Å². The topological polar surface area (TPSA) is 20.2 Å². The van der Waals surface area contributed by atoms with Gasteiger partial charge >= 0.3 is 12.4 Å². The monoisotopic (exact) mass is 294 g/mol. The lowest BCUT2D eigenvalue weighted by Gasteiger charge is -2.27. The second kappa shape index (κ2) is 4.95. The van der Waals surface area contributed by atoms with Crippen molar-refractivity contribution in [2.45, 2.75) is 18.5 Å². The lowest BCUT2D eigenvalue weighted by atomic mass is 9.94. The molecule has 0 bridgehead atoms. The molecule has 0 saturated heterocycles. The summed E-state index contributed by atoms with van der Waals surface area (Å²) in [4.78, 5) is 0. The van der Waals surface area contributed by atoms with Crippen molar-refractivity contribution in [2.24, 2.45) is 5.92 Å². The highest BCUT2D eigenvalue weighted by molar-refractivity contribution is 5.21. The van der Waals surface area contributed by atoms with Crippen molar-refractivity contribution in [2.75, 3.05) is 0 Å². The third-order valence-electron chi connectivity index (χ3n) is 2.25. The number of benzene rings is 1. The Labute approximate surface area is 101 Å². The molecule has 0 spiro atoms.